The van der Waals surface area contributed by atoms with Crippen LogP contribution in [0.3, 0.4) is 0 Å². The van der Waals surface area contributed by atoms with Gasteiger partial charge >= 0.3 is 0 Å². The maximum atomic E-state index is 13.4. The number of nitrogens with zero attached hydrogens (tertiary/aromatic N) is 1. The van der Waals surface area contributed by atoms with Crippen molar-refractivity contribution in [1.29, 1.82) is 0 Å². The summed E-state index contributed by atoms with van der Waals surface area (Å²) in [6.07, 6.45) is 1.60. The summed E-state index contributed by atoms with van der Waals surface area (Å²) >= 11 is 0. The molecule has 0 aliphatic rings. The second-order valence-corrected chi connectivity index (χ2v) is 3.67. The largest absolute Gasteiger partial charge is 0.484 e. The highest BCUT2D eigenvalue weighted by molar-refractivity contribution is 5.19. The van der Waals surface area contributed by atoms with Crippen LogP contribution in [0, 0.1) is 11.6 Å². The minimum absolute atomic E-state index is 0.0170. The van der Waals surface area contributed by atoms with Crippen molar-refractivity contribution in [1.82, 2.24) is 9.97 Å². The van der Waals surface area contributed by atoms with Gasteiger partial charge in [-0.2, -0.15) is 0 Å². The van der Waals surface area contributed by atoms with E-state index in [0.29, 0.717) is 0 Å². The maximum Gasteiger partial charge on any atom is 0.251 e. The second kappa shape index (κ2) is 4.95. The third kappa shape index (κ3) is 2.71. The minimum atomic E-state index is -0.785. The molecular formula is C12H10F2N2O2. The molecule has 0 saturated heterocycles. The van der Waals surface area contributed by atoms with E-state index in [4.69, 9.17) is 4.74 Å². The Kier molecular flexibility index (Phi) is 3.36. The van der Waals surface area contributed by atoms with Crippen LogP contribution in [0.5, 0.6) is 5.75 Å². The van der Waals surface area contributed by atoms with Crippen molar-refractivity contribution in [2.75, 3.05) is 0 Å². The van der Waals surface area contributed by atoms with Crippen LogP contribution in [0.15, 0.2) is 35.4 Å². The highest BCUT2D eigenvalue weighted by Gasteiger charge is 2.15. The summed E-state index contributed by atoms with van der Waals surface area (Å²) in [6, 6.07) is 3.50. The quantitative estimate of drug-likeness (QED) is 0.910. The van der Waals surface area contributed by atoms with Crippen molar-refractivity contribution < 1.29 is 13.5 Å². The monoisotopic (exact) mass is 252 g/mol. The fourth-order valence-electron chi connectivity index (χ4n) is 1.48. The molecule has 1 atom stereocenters. The van der Waals surface area contributed by atoms with Gasteiger partial charge in [0.1, 0.15) is 23.4 Å². The van der Waals surface area contributed by atoms with Gasteiger partial charge in [-0.25, -0.2) is 8.78 Å². The summed E-state index contributed by atoms with van der Waals surface area (Å²) in [7, 11) is 0. The van der Waals surface area contributed by atoms with Crippen LogP contribution < -0.4 is 10.3 Å². The lowest BCUT2D eigenvalue weighted by molar-refractivity contribution is 0.215. The van der Waals surface area contributed by atoms with Crippen molar-refractivity contribution in [3.63, 3.8) is 0 Å². The maximum absolute atomic E-state index is 13.4. The SMILES string of the molecule is C[C@H](Oc1cc[nH]c(=O)c1)c1ncc(F)cc1F. The normalized spacial score (nSPS) is 12.2. The Bertz CT molecular complexity index is 613. The van der Waals surface area contributed by atoms with Gasteiger partial charge in [0.2, 0.25) is 0 Å². The third-order valence-corrected chi connectivity index (χ3v) is 2.28. The molecule has 2 heterocycles. The topological polar surface area (TPSA) is 55.0 Å². The molecule has 2 aromatic rings. The van der Waals surface area contributed by atoms with Crippen molar-refractivity contribution in [3.05, 3.63) is 58.3 Å². The number of pyridine rings is 2. The van der Waals surface area contributed by atoms with Crippen LogP contribution >= 0.6 is 0 Å². The molecule has 1 N–H and O–H groups in total. The van der Waals surface area contributed by atoms with E-state index in [1.54, 1.807) is 6.92 Å². The molecule has 4 nitrogen and oxygen atoms in total. The lowest BCUT2D eigenvalue weighted by Crippen LogP contribution is -2.10. The van der Waals surface area contributed by atoms with Gasteiger partial charge in [-0.1, -0.05) is 0 Å². The molecule has 0 aliphatic heterocycles. The van der Waals surface area contributed by atoms with E-state index < -0.39 is 17.7 Å². The molecule has 0 fully saturated rings. The van der Waals surface area contributed by atoms with Crippen LogP contribution in [0.2, 0.25) is 0 Å². The number of hydrogen-bond donors (Lipinski definition) is 1. The van der Waals surface area contributed by atoms with Crippen LogP contribution in [-0.2, 0) is 0 Å². The fourth-order valence-corrected chi connectivity index (χ4v) is 1.48. The van der Waals surface area contributed by atoms with E-state index >= 15 is 0 Å². The molecule has 0 unspecified atom stereocenters. The van der Waals surface area contributed by atoms with Gasteiger partial charge in [-0.15, -0.1) is 0 Å². The van der Waals surface area contributed by atoms with E-state index in [9.17, 15) is 13.6 Å². The van der Waals surface area contributed by atoms with Crippen molar-refractivity contribution in [2.45, 2.75) is 13.0 Å². The zero-order chi connectivity index (χ0) is 13.1. The van der Waals surface area contributed by atoms with Gasteiger partial charge < -0.3 is 9.72 Å². The summed E-state index contributed by atoms with van der Waals surface area (Å²) in [5.74, 6) is -1.25. The van der Waals surface area contributed by atoms with Crippen LogP contribution in [0.1, 0.15) is 18.7 Å². The number of aromatic amines is 1. The predicted octanol–water partition coefficient (Wildman–Crippen LogP) is 2.19. The van der Waals surface area contributed by atoms with E-state index in [1.807, 2.05) is 0 Å². The molecule has 94 valence electrons. The first-order valence-corrected chi connectivity index (χ1v) is 5.22. The Labute approximate surface area is 101 Å². The van der Waals surface area contributed by atoms with E-state index in [-0.39, 0.29) is 17.0 Å². The molecule has 2 rings (SSSR count). The Morgan fingerprint density at radius 3 is 2.83 bits per heavy atom. The first kappa shape index (κ1) is 12.2. The van der Waals surface area contributed by atoms with Crippen molar-refractivity contribution in [3.8, 4) is 5.75 Å². The Morgan fingerprint density at radius 2 is 2.17 bits per heavy atom. The Hall–Kier alpha value is -2.24. The van der Waals surface area contributed by atoms with Crippen molar-refractivity contribution >= 4 is 0 Å². The molecule has 18 heavy (non-hydrogen) atoms. The number of hydrogen-bond acceptors (Lipinski definition) is 3. The van der Waals surface area contributed by atoms with Crippen molar-refractivity contribution in [2.24, 2.45) is 0 Å². The van der Waals surface area contributed by atoms with E-state index in [2.05, 4.69) is 9.97 Å². The minimum Gasteiger partial charge on any atom is -0.484 e. The summed E-state index contributed by atoms with van der Waals surface area (Å²) in [5, 5.41) is 0. The summed E-state index contributed by atoms with van der Waals surface area (Å²) in [6.45, 7) is 1.56. The zero-order valence-corrected chi connectivity index (χ0v) is 9.48. The Morgan fingerprint density at radius 1 is 1.39 bits per heavy atom. The second-order valence-electron chi connectivity index (χ2n) is 3.67. The number of aromatic nitrogens is 2. The van der Waals surface area contributed by atoms with Gasteiger partial charge in [0, 0.05) is 18.3 Å². The van der Waals surface area contributed by atoms with E-state index in [1.165, 1.54) is 18.3 Å². The van der Waals surface area contributed by atoms with Gasteiger partial charge in [-0.05, 0) is 13.0 Å². The summed E-state index contributed by atoms with van der Waals surface area (Å²) in [4.78, 5) is 17.1. The molecule has 2 aromatic heterocycles. The highest BCUT2D eigenvalue weighted by Crippen LogP contribution is 2.21. The van der Waals surface area contributed by atoms with Gasteiger partial charge in [-0.3, -0.25) is 9.78 Å². The zero-order valence-electron chi connectivity index (χ0n) is 9.48. The first-order chi connectivity index (χ1) is 8.56. The number of nitrogens with one attached hydrogen (secondary N) is 1. The predicted molar refractivity (Wildman–Crippen MR) is 60.3 cm³/mol. The standard InChI is InChI=1S/C12H10F2N2O2/c1-7(12-10(14)4-8(13)6-16-12)18-9-2-3-15-11(17)5-9/h2-7H,1H3,(H,15,17)/t7-/m0/s1. The summed E-state index contributed by atoms with van der Waals surface area (Å²) in [5.41, 5.74) is -0.344. The third-order valence-electron chi connectivity index (χ3n) is 2.28. The molecule has 0 saturated carbocycles. The lowest BCUT2D eigenvalue weighted by atomic mass is 10.2. The number of H-pyrrole nitrogens is 1. The lowest BCUT2D eigenvalue weighted by Gasteiger charge is -2.14. The molecule has 6 heteroatoms. The Balaban J connectivity index is 2.21. The molecule has 0 aliphatic carbocycles. The average molecular weight is 252 g/mol. The van der Waals surface area contributed by atoms with E-state index in [0.717, 1.165) is 12.3 Å². The van der Waals surface area contributed by atoms with Crippen LogP contribution in [-0.4, -0.2) is 9.97 Å². The molecule has 0 spiro atoms. The number of ether oxygens (including phenoxy) is 1. The molecule has 0 radical (unpaired) electrons. The van der Waals surface area contributed by atoms with Crippen LogP contribution in [0.25, 0.3) is 0 Å². The molecule has 0 aromatic carbocycles. The van der Waals surface area contributed by atoms with Crippen LogP contribution in [0.4, 0.5) is 8.78 Å². The summed E-state index contributed by atoms with van der Waals surface area (Å²) < 4.78 is 31.5. The molecule has 0 bridgehead atoms. The van der Waals surface area contributed by atoms with Gasteiger partial charge in [0.25, 0.3) is 5.56 Å². The highest BCUT2D eigenvalue weighted by atomic mass is 19.1. The fraction of sp³-hybridized carbons (Fsp3) is 0.167. The van der Waals surface area contributed by atoms with Gasteiger partial charge in [0.15, 0.2) is 5.82 Å². The molecule has 0 amide bonds. The first-order valence-electron chi connectivity index (χ1n) is 5.22. The number of halogens is 2. The number of rotatable bonds is 3. The smallest absolute Gasteiger partial charge is 0.251 e. The molecular weight excluding hydrogens is 242 g/mol. The van der Waals surface area contributed by atoms with Gasteiger partial charge in [0.05, 0.1) is 6.20 Å². The average Bonchev–Trinajstić information content (AvgIpc) is 2.28.